The van der Waals surface area contributed by atoms with Gasteiger partial charge in [-0.2, -0.15) is 0 Å². The van der Waals surface area contributed by atoms with Crippen LogP contribution in [0.3, 0.4) is 0 Å². The molecule has 0 aromatic heterocycles. The van der Waals surface area contributed by atoms with Gasteiger partial charge in [-0.25, -0.2) is 4.39 Å². The van der Waals surface area contributed by atoms with E-state index in [0.29, 0.717) is 18.4 Å². The van der Waals surface area contributed by atoms with Crippen LogP contribution in [0.4, 0.5) is 15.8 Å². The van der Waals surface area contributed by atoms with Crippen LogP contribution in [0.25, 0.3) is 0 Å². The molecule has 33 heavy (non-hydrogen) atoms. The van der Waals surface area contributed by atoms with Crippen molar-refractivity contribution in [3.63, 3.8) is 0 Å². The summed E-state index contributed by atoms with van der Waals surface area (Å²) < 4.78 is 15.2. The van der Waals surface area contributed by atoms with E-state index < -0.39 is 0 Å². The van der Waals surface area contributed by atoms with Gasteiger partial charge in [0.1, 0.15) is 5.82 Å². The highest BCUT2D eigenvalue weighted by Gasteiger charge is 2.38. The van der Waals surface area contributed by atoms with E-state index in [0.717, 1.165) is 25.9 Å². The first-order chi connectivity index (χ1) is 15.8. The Kier molecular flexibility index (Phi) is 7.00. The lowest BCUT2D eigenvalue weighted by Gasteiger charge is -2.43. The third kappa shape index (κ3) is 4.75. The van der Waals surface area contributed by atoms with Crippen LogP contribution in [-0.4, -0.2) is 17.9 Å². The molecule has 3 aromatic carbocycles. The Labute approximate surface area is 209 Å². The number of rotatable bonds is 4. The van der Waals surface area contributed by atoms with Crippen molar-refractivity contribution < 1.29 is 14.0 Å². The number of nitrogens with zero attached hydrogens (tertiary/aromatic N) is 2. The number of anilines is 2. The maximum atomic E-state index is 13.4. The molecule has 0 saturated heterocycles. The summed E-state index contributed by atoms with van der Waals surface area (Å²) >= 11 is 7.02. The maximum absolute atomic E-state index is 13.4. The largest absolute Gasteiger partial charge is 0.305 e. The van der Waals surface area contributed by atoms with E-state index in [4.69, 9.17) is 0 Å². The Hall–Kier alpha value is -2.51. The molecule has 1 aliphatic heterocycles. The number of hydrogen-bond donors (Lipinski definition) is 0. The van der Waals surface area contributed by atoms with Gasteiger partial charge in [-0.05, 0) is 85.6 Å². The summed E-state index contributed by atoms with van der Waals surface area (Å²) in [6.07, 6.45) is 0.931. The minimum absolute atomic E-state index is 0.0127. The first kappa shape index (κ1) is 23.6. The van der Waals surface area contributed by atoms with Gasteiger partial charge in [0.25, 0.3) is 5.91 Å². The second kappa shape index (κ2) is 9.77. The maximum Gasteiger partial charge on any atom is 0.258 e. The molecule has 7 heteroatoms. The van der Waals surface area contributed by atoms with Crippen LogP contribution in [0, 0.1) is 5.82 Å². The Morgan fingerprint density at radius 3 is 2.27 bits per heavy atom. The number of carbonyl (C=O) groups excluding carboxylic acids is 2. The van der Waals surface area contributed by atoms with Gasteiger partial charge < -0.3 is 9.80 Å². The smallest absolute Gasteiger partial charge is 0.258 e. The highest BCUT2D eigenvalue weighted by Crippen LogP contribution is 2.44. The molecule has 0 saturated carbocycles. The zero-order valence-electron chi connectivity index (χ0n) is 18.3. The fourth-order valence-electron chi connectivity index (χ4n) is 4.36. The van der Waals surface area contributed by atoms with Gasteiger partial charge >= 0.3 is 0 Å². The van der Waals surface area contributed by atoms with E-state index in [2.05, 4.69) is 31.9 Å². The van der Waals surface area contributed by atoms with Crippen LogP contribution in [-0.2, 0) is 4.79 Å². The van der Waals surface area contributed by atoms with E-state index in [1.807, 2.05) is 61.2 Å². The average molecular weight is 574 g/mol. The quantitative estimate of drug-likeness (QED) is 0.329. The summed E-state index contributed by atoms with van der Waals surface area (Å²) in [5.74, 6) is -0.564. The second-order valence-corrected chi connectivity index (χ2v) is 9.91. The van der Waals surface area contributed by atoms with Gasteiger partial charge in [0.15, 0.2) is 0 Å². The molecule has 0 bridgehead atoms. The Morgan fingerprint density at radius 1 is 1.00 bits per heavy atom. The first-order valence-corrected chi connectivity index (χ1v) is 12.3. The molecular formula is C26H23Br2FN2O2. The summed E-state index contributed by atoms with van der Waals surface area (Å²) in [7, 11) is 0. The fourth-order valence-corrected chi connectivity index (χ4v) is 5.00. The molecule has 2 atom stereocenters. The van der Waals surface area contributed by atoms with E-state index >= 15 is 0 Å². The third-order valence-corrected chi connectivity index (χ3v) is 6.93. The third-order valence-electron chi connectivity index (χ3n) is 5.91. The van der Waals surface area contributed by atoms with Crippen molar-refractivity contribution in [1.82, 2.24) is 0 Å². The van der Waals surface area contributed by atoms with Crippen molar-refractivity contribution >= 4 is 55.0 Å². The van der Waals surface area contributed by atoms with Crippen LogP contribution >= 0.6 is 31.9 Å². The summed E-state index contributed by atoms with van der Waals surface area (Å²) in [6.45, 7) is 3.84. The summed E-state index contributed by atoms with van der Waals surface area (Å²) in [6, 6.07) is 18.6. The predicted octanol–water partition coefficient (Wildman–Crippen LogP) is 7.27. The zero-order chi connectivity index (χ0) is 23.7. The molecule has 2 amide bonds. The molecule has 1 aliphatic rings. The highest BCUT2D eigenvalue weighted by atomic mass is 79.9. The molecule has 0 fully saturated rings. The van der Waals surface area contributed by atoms with Crippen molar-refractivity contribution in [3.05, 3.63) is 92.6 Å². The molecule has 0 aliphatic carbocycles. The molecule has 0 N–H and O–H groups in total. The molecule has 0 spiro atoms. The van der Waals surface area contributed by atoms with Gasteiger partial charge in [-0.3, -0.25) is 9.59 Å². The minimum atomic E-state index is -0.383. The Balaban J connectivity index is 1.82. The lowest BCUT2D eigenvalue weighted by atomic mass is 9.89. The van der Waals surface area contributed by atoms with Crippen LogP contribution in [0.15, 0.2) is 75.7 Å². The van der Waals surface area contributed by atoms with Crippen molar-refractivity contribution in [2.75, 3.05) is 9.80 Å². The Bertz CT molecular complexity index is 1180. The van der Waals surface area contributed by atoms with Gasteiger partial charge in [0.05, 0.1) is 6.04 Å². The van der Waals surface area contributed by atoms with E-state index in [1.165, 1.54) is 24.3 Å². The number of amides is 2. The fraction of sp³-hybridized carbons (Fsp3) is 0.231. The van der Waals surface area contributed by atoms with E-state index in [1.54, 1.807) is 4.90 Å². The van der Waals surface area contributed by atoms with Crippen LogP contribution in [0.2, 0.25) is 0 Å². The molecule has 1 heterocycles. The molecular weight excluding hydrogens is 551 g/mol. The van der Waals surface area contributed by atoms with Gasteiger partial charge in [0.2, 0.25) is 5.91 Å². The molecule has 170 valence electrons. The predicted molar refractivity (Wildman–Crippen MR) is 136 cm³/mol. The number of carbonyl (C=O) groups is 2. The van der Waals surface area contributed by atoms with Crippen LogP contribution in [0.5, 0.6) is 0 Å². The second-order valence-electron chi connectivity index (χ2n) is 8.08. The summed E-state index contributed by atoms with van der Waals surface area (Å²) in [4.78, 5) is 30.2. The van der Waals surface area contributed by atoms with Crippen molar-refractivity contribution in [1.29, 1.82) is 0 Å². The lowest BCUT2D eigenvalue weighted by molar-refractivity contribution is -0.118. The minimum Gasteiger partial charge on any atom is -0.305 e. The van der Waals surface area contributed by atoms with E-state index in [9.17, 15) is 14.0 Å². The average Bonchev–Trinajstić information content (AvgIpc) is 2.80. The van der Waals surface area contributed by atoms with Crippen LogP contribution < -0.4 is 9.80 Å². The SMILES string of the molecule is CCC(=O)N(c1ccc(Br)cc1)C1CC(C)N(C(=O)c2ccc(F)cc2)c2ccc(Br)cc21. The number of hydrogen-bond acceptors (Lipinski definition) is 2. The lowest BCUT2D eigenvalue weighted by Crippen LogP contribution is -2.47. The van der Waals surface area contributed by atoms with Gasteiger partial charge in [-0.1, -0.05) is 38.8 Å². The monoisotopic (exact) mass is 572 g/mol. The number of benzene rings is 3. The van der Waals surface area contributed by atoms with Crippen molar-refractivity contribution in [2.45, 2.75) is 38.8 Å². The van der Waals surface area contributed by atoms with Crippen molar-refractivity contribution in [2.24, 2.45) is 0 Å². The van der Waals surface area contributed by atoms with Crippen LogP contribution in [0.1, 0.15) is 48.7 Å². The molecule has 0 radical (unpaired) electrons. The Morgan fingerprint density at radius 2 is 1.64 bits per heavy atom. The summed E-state index contributed by atoms with van der Waals surface area (Å²) in [5, 5.41) is 0. The molecule has 4 rings (SSSR count). The van der Waals surface area contributed by atoms with Crippen molar-refractivity contribution in [3.8, 4) is 0 Å². The standard InChI is InChI=1S/C26H23Br2FN2O2/c1-3-25(32)31(21-11-6-18(27)7-12-21)24-14-16(2)30(23-13-8-19(28)15-22(23)24)26(33)17-4-9-20(29)10-5-17/h4-13,15-16,24H,3,14H2,1-2H3. The molecule has 2 unspecified atom stereocenters. The molecule has 4 nitrogen and oxygen atoms in total. The normalized spacial score (nSPS) is 17.4. The number of halogens is 3. The summed E-state index contributed by atoms with van der Waals surface area (Å²) in [5.41, 5.74) is 2.88. The zero-order valence-corrected chi connectivity index (χ0v) is 21.4. The topological polar surface area (TPSA) is 40.6 Å². The molecule has 3 aromatic rings. The highest BCUT2D eigenvalue weighted by molar-refractivity contribution is 9.10. The van der Waals surface area contributed by atoms with Gasteiger partial charge in [-0.15, -0.1) is 0 Å². The van der Waals surface area contributed by atoms with E-state index in [-0.39, 0.29) is 29.7 Å². The first-order valence-electron chi connectivity index (χ1n) is 10.8. The van der Waals surface area contributed by atoms with Gasteiger partial charge in [0, 0.05) is 38.3 Å². The number of fused-ring (bicyclic) bond motifs is 1.